The number of carboxylic acid groups (broad SMARTS) is 1. The number of aromatic nitrogens is 3. The zero-order valence-corrected chi connectivity index (χ0v) is 13.2. The van der Waals surface area contributed by atoms with E-state index in [2.05, 4.69) is 15.5 Å². The van der Waals surface area contributed by atoms with Crippen molar-refractivity contribution in [2.45, 2.75) is 62.0 Å². The topological polar surface area (TPSA) is 80.0 Å². The Morgan fingerprint density at radius 2 is 2.25 bits per heavy atom. The number of aliphatic carboxylic acids is 1. The summed E-state index contributed by atoms with van der Waals surface area (Å²) >= 11 is 1.57. The lowest BCUT2D eigenvalue weighted by atomic mass is 9.96. The second-order valence-electron chi connectivity index (χ2n) is 5.78. The van der Waals surface area contributed by atoms with Gasteiger partial charge in [0.25, 0.3) is 0 Å². The maximum absolute atomic E-state index is 11.5. The Morgan fingerprint density at radius 1 is 1.60 bits per heavy atom. The molecule has 0 bridgehead atoms. The van der Waals surface area contributed by atoms with E-state index >= 15 is 0 Å². The van der Waals surface area contributed by atoms with Crippen LogP contribution in [0.1, 0.15) is 38.9 Å². The van der Waals surface area contributed by atoms with Crippen molar-refractivity contribution in [1.82, 2.24) is 20.1 Å². The molecule has 1 aromatic heterocycles. The van der Waals surface area contributed by atoms with Gasteiger partial charge in [0.1, 0.15) is 11.4 Å². The quantitative estimate of drug-likeness (QED) is 0.744. The minimum Gasteiger partial charge on any atom is -0.480 e. The highest BCUT2D eigenvalue weighted by atomic mass is 32.2. The largest absolute Gasteiger partial charge is 0.480 e. The van der Waals surface area contributed by atoms with Crippen molar-refractivity contribution >= 4 is 17.7 Å². The molecular formula is C13H22N4O2S. The number of nitrogens with zero attached hydrogens (tertiary/aromatic N) is 3. The van der Waals surface area contributed by atoms with E-state index in [1.807, 2.05) is 25.5 Å². The van der Waals surface area contributed by atoms with Crippen LogP contribution in [0.5, 0.6) is 0 Å². The Hall–Kier alpha value is -1.08. The highest BCUT2D eigenvalue weighted by Gasteiger charge is 2.39. The molecule has 1 saturated carbocycles. The first-order chi connectivity index (χ1) is 9.32. The number of carboxylic acids is 1. The number of aryl methyl sites for hydroxylation is 1. The first kappa shape index (κ1) is 15.3. The smallest absolute Gasteiger partial charge is 0.323 e. The third-order valence-corrected chi connectivity index (χ3v) is 4.76. The second kappa shape index (κ2) is 5.73. The predicted molar refractivity (Wildman–Crippen MR) is 77.9 cm³/mol. The highest BCUT2D eigenvalue weighted by Crippen LogP contribution is 2.30. The van der Waals surface area contributed by atoms with E-state index < -0.39 is 11.5 Å². The zero-order valence-electron chi connectivity index (χ0n) is 12.4. The van der Waals surface area contributed by atoms with Gasteiger partial charge < -0.3 is 9.67 Å². The second-order valence-corrected chi connectivity index (χ2v) is 7.18. The Bertz CT molecular complexity index is 501. The summed E-state index contributed by atoms with van der Waals surface area (Å²) in [5, 5.41) is 21.8. The van der Waals surface area contributed by atoms with Crippen molar-refractivity contribution in [2.24, 2.45) is 7.05 Å². The van der Waals surface area contributed by atoms with E-state index in [1.165, 1.54) is 0 Å². The summed E-state index contributed by atoms with van der Waals surface area (Å²) in [5.41, 5.74) is -0.874. The lowest BCUT2D eigenvalue weighted by Gasteiger charge is -2.29. The SMILES string of the molecule is Cc1nnc(SC(C)CC(C)(NC2CC2)C(=O)O)n1C. The molecule has 1 heterocycles. The van der Waals surface area contributed by atoms with Gasteiger partial charge in [0.15, 0.2) is 5.16 Å². The molecular weight excluding hydrogens is 276 g/mol. The molecule has 1 aliphatic rings. The maximum Gasteiger partial charge on any atom is 0.323 e. The molecule has 0 spiro atoms. The molecule has 2 atom stereocenters. The molecule has 0 radical (unpaired) electrons. The molecule has 0 saturated heterocycles. The fraction of sp³-hybridized carbons (Fsp3) is 0.769. The molecule has 1 aliphatic carbocycles. The van der Waals surface area contributed by atoms with Crippen LogP contribution in [-0.4, -0.2) is 42.7 Å². The normalized spacial score (nSPS) is 19.6. The molecule has 1 fully saturated rings. The Labute approximate surface area is 123 Å². The van der Waals surface area contributed by atoms with Crippen molar-refractivity contribution in [2.75, 3.05) is 0 Å². The fourth-order valence-electron chi connectivity index (χ4n) is 2.17. The summed E-state index contributed by atoms with van der Waals surface area (Å²) in [7, 11) is 1.92. The van der Waals surface area contributed by atoms with Gasteiger partial charge in [0.2, 0.25) is 0 Å². The van der Waals surface area contributed by atoms with E-state index in [9.17, 15) is 9.90 Å². The minimum absolute atomic E-state index is 0.143. The van der Waals surface area contributed by atoms with Crippen molar-refractivity contribution in [1.29, 1.82) is 0 Å². The molecule has 6 nitrogen and oxygen atoms in total. The lowest BCUT2D eigenvalue weighted by Crippen LogP contribution is -2.52. The van der Waals surface area contributed by atoms with Gasteiger partial charge in [-0.2, -0.15) is 0 Å². The number of carbonyl (C=O) groups is 1. The molecule has 20 heavy (non-hydrogen) atoms. The summed E-state index contributed by atoms with van der Waals surface area (Å²) < 4.78 is 1.92. The Kier molecular flexibility index (Phi) is 4.39. The predicted octanol–water partition coefficient (Wildman–Crippen LogP) is 1.59. The first-order valence-corrected chi connectivity index (χ1v) is 7.73. The average Bonchev–Trinajstić information content (AvgIpc) is 3.10. The molecule has 2 unspecified atom stereocenters. The van der Waals surface area contributed by atoms with E-state index in [1.54, 1.807) is 18.7 Å². The standard InChI is InChI=1S/C13H22N4O2S/c1-8(20-12-16-15-9(2)17(12)4)7-13(3,11(18)19)14-10-5-6-10/h8,10,14H,5-7H2,1-4H3,(H,18,19). The van der Waals surface area contributed by atoms with E-state index in [4.69, 9.17) is 0 Å². The van der Waals surface area contributed by atoms with Gasteiger partial charge in [0.05, 0.1) is 0 Å². The summed E-state index contributed by atoms with van der Waals surface area (Å²) in [4.78, 5) is 11.5. The summed E-state index contributed by atoms with van der Waals surface area (Å²) in [6.07, 6.45) is 2.70. The van der Waals surface area contributed by atoms with Crippen molar-refractivity contribution in [3.05, 3.63) is 5.82 Å². The molecule has 112 valence electrons. The van der Waals surface area contributed by atoms with Crippen LogP contribution < -0.4 is 5.32 Å². The van der Waals surface area contributed by atoms with Crippen LogP contribution in [0, 0.1) is 6.92 Å². The van der Waals surface area contributed by atoms with Crippen LogP contribution in [0.3, 0.4) is 0 Å². The Balaban J connectivity index is 1.99. The molecule has 2 rings (SSSR count). The molecule has 0 aliphatic heterocycles. The zero-order chi connectivity index (χ0) is 14.9. The van der Waals surface area contributed by atoms with E-state index in [0.29, 0.717) is 12.5 Å². The number of hydrogen-bond acceptors (Lipinski definition) is 5. The molecule has 0 amide bonds. The van der Waals surface area contributed by atoms with E-state index in [-0.39, 0.29) is 5.25 Å². The number of nitrogens with one attached hydrogen (secondary N) is 1. The lowest BCUT2D eigenvalue weighted by molar-refractivity contribution is -0.144. The summed E-state index contributed by atoms with van der Waals surface area (Å²) in [6, 6.07) is 0.366. The molecule has 0 aromatic carbocycles. The van der Waals surface area contributed by atoms with Gasteiger partial charge in [0, 0.05) is 18.3 Å². The minimum atomic E-state index is -0.874. The first-order valence-electron chi connectivity index (χ1n) is 6.85. The van der Waals surface area contributed by atoms with Gasteiger partial charge in [-0.1, -0.05) is 18.7 Å². The monoisotopic (exact) mass is 298 g/mol. The van der Waals surface area contributed by atoms with Crippen LogP contribution in [-0.2, 0) is 11.8 Å². The summed E-state index contributed by atoms with van der Waals surface area (Å²) in [5.74, 6) is 0.0720. The van der Waals surface area contributed by atoms with Gasteiger partial charge >= 0.3 is 5.97 Å². The van der Waals surface area contributed by atoms with Gasteiger partial charge in [-0.15, -0.1) is 10.2 Å². The third kappa shape index (κ3) is 3.52. The van der Waals surface area contributed by atoms with Crippen LogP contribution in [0.25, 0.3) is 0 Å². The van der Waals surface area contributed by atoms with Gasteiger partial charge in [-0.25, -0.2) is 0 Å². The van der Waals surface area contributed by atoms with Crippen molar-refractivity contribution < 1.29 is 9.90 Å². The van der Waals surface area contributed by atoms with Gasteiger partial charge in [-0.05, 0) is 33.1 Å². The Morgan fingerprint density at radius 3 is 2.70 bits per heavy atom. The number of hydrogen-bond donors (Lipinski definition) is 2. The summed E-state index contributed by atoms with van der Waals surface area (Å²) in [6.45, 7) is 5.70. The van der Waals surface area contributed by atoms with Gasteiger partial charge in [-0.3, -0.25) is 10.1 Å². The molecule has 7 heteroatoms. The third-order valence-electron chi connectivity index (χ3n) is 3.63. The average molecular weight is 298 g/mol. The van der Waals surface area contributed by atoms with Crippen molar-refractivity contribution in [3.63, 3.8) is 0 Å². The van der Waals surface area contributed by atoms with Crippen LogP contribution in [0.2, 0.25) is 0 Å². The number of rotatable bonds is 7. The molecule has 1 aromatic rings. The van der Waals surface area contributed by atoms with Crippen LogP contribution in [0.15, 0.2) is 5.16 Å². The molecule has 2 N–H and O–H groups in total. The van der Waals surface area contributed by atoms with E-state index in [0.717, 1.165) is 23.8 Å². The van der Waals surface area contributed by atoms with Crippen molar-refractivity contribution in [3.8, 4) is 0 Å². The highest BCUT2D eigenvalue weighted by molar-refractivity contribution is 7.99. The maximum atomic E-state index is 11.5. The van der Waals surface area contributed by atoms with Crippen LogP contribution >= 0.6 is 11.8 Å². The number of thioether (sulfide) groups is 1. The fourth-order valence-corrected chi connectivity index (χ4v) is 3.33. The van der Waals surface area contributed by atoms with Crippen LogP contribution in [0.4, 0.5) is 0 Å².